The highest BCUT2D eigenvalue weighted by atomic mass is 15.1. The van der Waals surface area contributed by atoms with Crippen molar-refractivity contribution in [1.82, 2.24) is 10.2 Å². The second-order valence-electron chi connectivity index (χ2n) is 3.52. The third-order valence-corrected chi connectivity index (χ3v) is 2.50. The molecule has 0 radical (unpaired) electrons. The Hall–Kier alpha value is -0.760. The van der Waals surface area contributed by atoms with Gasteiger partial charge in [-0.3, -0.25) is 0 Å². The highest BCUT2D eigenvalue weighted by Crippen LogP contribution is 2.08. The first-order valence-electron chi connectivity index (χ1n) is 4.76. The molecule has 2 heterocycles. The molecular weight excluding hydrogens is 148 g/mol. The zero-order chi connectivity index (χ0) is 8.23. The van der Waals surface area contributed by atoms with Gasteiger partial charge in [-0.25, -0.2) is 0 Å². The monoisotopic (exact) mass is 164 g/mol. The van der Waals surface area contributed by atoms with E-state index in [1.165, 1.54) is 25.9 Å². The minimum absolute atomic E-state index is 0.723. The molecule has 1 fully saturated rings. The number of hydrogen-bond donors (Lipinski definition) is 1. The molecule has 0 aromatic carbocycles. The summed E-state index contributed by atoms with van der Waals surface area (Å²) in [4.78, 5) is 2.36. The molecule has 0 bridgehead atoms. The number of nitrogens with one attached hydrogen (secondary N) is 1. The van der Waals surface area contributed by atoms with Gasteiger partial charge in [0.25, 0.3) is 0 Å². The van der Waals surface area contributed by atoms with Crippen molar-refractivity contribution in [3.63, 3.8) is 0 Å². The SMILES string of the molecule is C1=CCN(C[C@@H]2CCCN2)C=C1. The Morgan fingerprint density at radius 3 is 3.08 bits per heavy atom. The van der Waals surface area contributed by atoms with Gasteiger partial charge in [-0.15, -0.1) is 0 Å². The quantitative estimate of drug-likeness (QED) is 0.658. The summed E-state index contributed by atoms with van der Waals surface area (Å²) in [7, 11) is 0. The normalized spacial score (nSPS) is 28.3. The molecule has 2 aliphatic heterocycles. The van der Waals surface area contributed by atoms with E-state index in [1.807, 2.05) is 0 Å². The van der Waals surface area contributed by atoms with Gasteiger partial charge in [0.05, 0.1) is 0 Å². The molecule has 0 spiro atoms. The molecule has 0 unspecified atom stereocenters. The lowest BCUT2D eigenvalue weighted by Gasteiger charge is -2.24. The lowest BCUT2D eigenvalue weighted by atomic mass is 10.2. The fraction of sp³-hybridized carbons (Fsp3) is 0.600. The summed E-state index contributed by atoms with van der Waals surface area (Å²) in [5, 5.41) is 3.50. The molecule has 2 rings (SSSR count). The fourth-order valence-corrected chi connectivity index (χ4v) is 1.84. The van der Waals surface area contributed by atoms with Crippen LogP contribution in [0.4, 0.5) is 0 Å². The van der Waals surface area contributed by atoms with Gasteiger partial charge in [-0.2, -0.15) is 0 Å². The van der Waals surface area contributed by atoms with Crippen molar-refractivity contribution in [2.24, 2.45) is 0 Å². The van der Waals surface area contributed by atoms with E-state index in [2.05, 4.69) is 34.6 Å². The smallest absolute Gasteiger partial charge is 0.0357 e. The van der Waals surface area contributed by atoms with Crippen LogP contribution in [0, 0.1) is 0 Å². The maximum absolute atomic E-state index is 3.50. The predicted molar refractivity (Wildman–Crippen MR) is 50.9 cm³/mol. The topological polar surface area (TPSA) is 15.3 Å². The van der Waals surface area contributed by atoms with Crippen molar-refractivity contribution >= 4 is 0 Å². The van der Waals surface area contributed by atoms with Gasteiger partial charge in [-0.1, -0.05) is 12.2 Å². The van der Waals surface area contributed by atoms with E-state index in [9.17, 15) is 0 Å². The molecule has 12 heavy (non-hydrogen) atoms. The molecule has 2 heteroatoms. The molecule has 1 N–H and O–H groups in total. The van der Waals surface area contributed by atoms with Crippen LogP contribution in [-0.4, -0.2) is 30.6 Å². The van der Waals surface area contributed by atoms with Gasteiger partial charge < -0.3 is 10.2 Å². The van der Waals surface area contributed by atoms with Crippen LogP contribution in [0.25, 0.3) is 0 Å². The first kappa shape index (κ1) is 7.87. The van der Waals surface area contributed by atoms with Gasteiger partial charge >= 0.3 is 0 Å². The first-order chi connectivity index (χ1) is 5.95. The summed E-state index contributed by atoms with van der Waals surface area (Å²) in [5.74, 6) is 0. The van der Waals surface area contributed by atoms with E-state index < -0.39 is 0 Å². The Labute approximate surface area is 73.9 Å². The minimum Gasteiger partial charge on any atom is -0.372 e. The Kier molecular flexibility index (Phi) is 2.47. The second kappa shape index (κ2) is 3.76. The van der Waals surface area contributed by atoms with Gasteiger partial charge in [0.2, 0.25) is 0 Å². The van der Waals surface area contributed by atoms with Crippen molar-refractivity contribution in [2.45, 2.75) is 18.9 Å². The summed E-state index contributed by atoms with van der Waals surface area (Å²) in [6.07, 6.45) is 11.3. The zero-order valence-corrected chi connectivity index (χ0v) is 7.37. The van der Waals surface area contributed by atoms with Crippen LogP contribution in [0.1, 0.15) is 12.8 Å². The molecule has 0 aromatic rings. The summed E-state index contributed by atoms with van der Waals surface area (Å²) < 4.78 is 0. The van der Waals surface area contributed by atoms with E-state index >= 15 is 0 Å². The highest BCUT2D eigenvalue weighted by molar-refractivity contribution is 5.08. The molecule has 0 aliphatic carbocycles. The molecule has 1 atom stereocenters. The van der Waals surface area contributed by atoms with Crippen LogP contribution in [0.5, 0.6) is 0 Å². The van der Waals surface area contributed by atoms with E-state index in [0.29, 0.717) is 0 Å². The predicted octanol–water partition coefficient (Wildman–Crippen LogP) is 1.12. The van der Waals surface area contributed by atoms with Gasteiger partial charge in [0.15, 0.2) is 0 Å². The molecule has 1 saturated heterocycles. The summed E-state index contributed by atoms with van der Waals surface area (Å²) in [6, 6.07) is 0.723. The van der Waals surface area contributed by atoms with Crippen LogP contribution in [0.3, 0.4) is 0 Å². The number of nitrogens with zero attached hydrogens (tertiary/aromatic N) is 1. The Morgan fingerprint density at radius 1 is 1.42 bits per heavy atom. The molecule has 2 nitrogen and oxygen atoms in total. The molecule has 2 aliphatic rings. The van der Waals surface area contributed by atoms with E-state index in [4.69, 9.17) is 0 Å². The van der Waals surface area contributed by atoms with Crippen LogP contribution < -0.4 is 5.32 Å². The highest BCUT2D eigenvalue weighted by Gasteiger charge is 2.15. The van der Waals surface area contributed by atoms with Crippen LogP contribution >= 0.6 is 0 Å². The number of hydrogen-bond acceptors (Lipinski definition) is 2. The van der Waals surface area contributed by atoms with Crippen molar-refractivity contribution < 1.29 is 0 Å². The van der Waals surface area contributed by atoms with Crippen molar-refractivity contribution in [1.29, 1.82) is 0 Å². The fourth-order valence-electron chi connectivity index (χ4n) is 1.84. The van der Waals surface area contributed by atoms with Crippen LogP contribution in [0.15, 0.2) is 24.4 Å². The minimum atomic E-state index is 0.723. The number of rotatable bonds is 2. The van der Waals surface area contributed by atoms with Crippen molar-refractivity contribution in [2.75, 3.05) is 19.6 Å². The lowest BCUT2D eigenvalue weighted by Crippen LogP contribution is -2.35. The molecule has 0 aromatic heterocycles. The lowest BCUT2D eigenvalue weighted by molar-refractivity contribution is 0.360. The third kappa shape index (κ3) is 1.89. The number of allylic oxidation sites excluding steroid dienone is 2. The average molecular weight is 164 g/mol. The Morgan fingerprint density at radius 2 is 2.42 bits per heavy atom. The maximum Gasteiger partial charge on any atom is 0.0357 e. The second-order valence-corrected chi connectivity index (χ2v) is 3.52. The van der Waals surface area contributed by atoms with Gasteiger partial charge in [0, 0.05) is 19.1 Å². The average Bonchev–Trinajstić information content (AvgIpc) is 2.59. The van der Waals surface area contributed by atoms with Crippen molar-refractivity contribution in [3.05, 3.63) is 24.4 Å². The standard InChI is InChI=1S/C10H16N2/c1-2-7-12(8-3-1)9-10-5-4-6-11-10/h1-3,7,10-11H,4-6,8-9H2/t10-/m0/s1. The molecule has 0 saturated carbocycles. The first-order valence-corrected chi connectivity index (χ1v) is 4.76. The molecular formula is C10H16N2. The van der Waals surface area contributed by atoms with Gasteiger partial charge in [0.1, 0.15) is 0 Å². The zero-order valence-electron chi connectivity index (χ0n) is 7.37. The van der Waals surface area contributed by atoms with Crippen LogP contribution in [0.2, 0.25) is 0 Å². The van der Waals surface area contributed by atoms with E-state index in [0.717, 1.165) is 12.6 Å². The Balaban J connectivity index is 1.78. The maximum atomic E-state index is 3.50. The van der Waals surface area contributed by atoms with Crippen LogP contribution in [-0.2, 0) is 0 Å². The van der Waals surface area contributed by atoms with E-state index in [-0.39, 0.29) is 0 Å². The summed E-state index contributed by atoms with van der Waals surface area (Å²) in [5.41, 5.74) is 0. The molecule has 66 valence electrons. The summed E-state index contributed by atoms with van der Waals surface area (Å²) >= 11 is 0. The van der Waals surface area contributed by atoms with Crippen molar-refractivity contribution in [3.8, 4) is 0 Å². The third-order valence-electron chi connectivity index (χ3n) is 2.50. The Bertz CT molecular complexity index is 190. The van der Waals surface area contributed by atoms with E-state index in [1.54, 1.807) is 0 Å². The largest absolute Gasteiger partial charge is 0.372 e. The molecule has 0 amide bonds. The van der Waals surface area contributed by atoms with Gasteiger partial charge in [-0.05, 0) is 31.7 Å². The summed E-state index contributed by atoms with van der Waals surface area (Å²) in [6.45, 7) is 3.45.